The molecule has 1 atom stereocenters. The van der Waals surface area contributed by atoms with Gasteiger partial charge in [0.25, 0.3) is 0 Å². The molecule has 0 spiro atoms. The molecule has 1 aromatic carbocycles. The molecule has 1 heterocycles. The third-order valence-electron chi connectivity index (χ3n) is 2.98. The van der Waals surface area contributed by atoms with E-state index in [2.05, 4.69) is 47.2 Å². The van der Waals surface area contributed by atoms with Crippen molar-refractivity contribution in [2.24, 2.45) is 0 Å². The number of benzene rings is 1. The highest BCUT2D eigenvalue weighted by Gasteiger charge is 2.18. The Hall–Kier alpha value is -0.340. The van der Waals surface area contributed by atoms with Crippen molar-refractivity contribution in [2.75, 3.05) is 6.54 Å². The molecule has 1 aliphatic heterocycles. The molecule has 0 aromatic heterocycles. The molecule has 2 rings (SSSR count). The maximum atomic E-state index is 3.57. The third-order valence-corrected chi connectivity index (χ3v) is 3.84. The molecule has 0 unspecified atom stereocenters. The van der Waals surface area contributed by atoms with E-state index in [1.54, 1.807) is 0 Å². The number of nitrogens with one attached hydrogen (secondary N) is 1. The van der Waals surface area contributed by atoms with Gasteiger partial charge in [-0.1, -0.05) is 22.0 Å². The fourth-order valence-corrected chi connectivity index (χ4v) is 2.59. The number of aryl methyl sites for hydroxylation is 2. The molecule has 1 nitrogen and oxygen atoms in total. The Bertz CT molecular complexity index is 340. The monoisotopic (exact) mass is 253 g/mol. The second-order valence-corrected chi connectivity index (χ2v) is 4.96. The molecule has 1 saturated heterocycles. The summed E-state index contributed by atoms with van der Waals surface area (Å²) in [6, 6.07) is 5.12. The van der Waals surface area contributed by atoms with E-state index in [1.165, 1.54) is 40.5 Å². The van der Waals surface area contributed by atoms with E-state index in [9.17, 15) is 0 Å². The van der Waals surface area contributed by atoms with Crippen LogP contribution in [0.3, 0.4) is 0 Å². The molecule has 76 valence electrons. The van der Waals surface area contributed by atoms with Gasteiger partial charge in [-0.05, 0) is 56.0 Å². The first-order valence-corrected chi connectivity index (χ1v) is 5.98. The molecule has 0 bridgehead atoms. The molecule has 1 aliphatic rings. The largest absolute Gasteiger partial charge is 0.310 e. The van der Waals surface area contributed by atoms with Crippen molar-refractivity contribution < 1.29 is 0 Å². The molecular formula is C12H16BrN. The molecular weight excluding hydrogens is 238 g/mol. The van der Waals surface area contributed by atoms with Crippen molar-refractivity contribution in [3.8, 4) is 0 Å². The van der Waals surface area contributed by atoms with Gasteiger partial charge in [-0.2, -0.15) is 0 Å². The van der Waals surface area contributed by atoms with E-state index in [1.807, 2.05) is 0 Å². The van der Waals surface area contributed by atoms with Crippen LogP contribution in [0.2, 0.25) is 0 Å². The SMILES string of the molecule is Cc1cc([C@@H]2CCCN2)c(C)cc1Br. The average Bonchev–Trinajstić information content (AvgIpc) is 2.64. The Kier molecular flexibility index (Phi) is 2.93. The van der Waals surface area contributed by atoms with Crippen molar-refractivity contribution in [3.05, 3.63) is 33.3 Å². The highest BCUT2D eigenvalue weighted by molar-refractivity contribution is 9.10. The van der Waals surface area contributed by atoms with Gasteiger partial charge in [-0.25, -0.2) is 0 Å². The summed E-state index contributed by atoms with van der Waals surface area (Å²) in [4.78, 5) is 0. The first-order chi connectivity index (χ1) is 6.68. The summed E-state index contributed by atoms with van der Waals surface area (Å²) in [5.41, 5.74) is 4.20. The van der Waals surface area contributed by atoms with Crippen LogP contribution in [0.15, 0.2) is 16.6 Å². The summed E-state index contributed by atoms with van der Waals surface area (Å²) in [6.45, 7) is 5.51. The summed E-state index contributed by atoms with van der Waals surface area (Å²) >= 11 is 3.57. The minimum atomic E-state index is 0.585. The lowest BCUT2D eigenvalue weighted by molar-refractivity contribution is 0.643. The lowest BCUT2D eigenvalue weighted by Gasteiger charge is -2.15. The summed E-state index contributed by atoms with van der Waals surface area (Å²) in [5, 5.41) is 3.55. The molecule has 2 heteroatoms. The number of hydrogen-bond acceptors (Lipinski definition) is 1. The Labute approximate surface area is 94.0 Å². The molecule has 1 fully saturated rings. The van der Waals surface area contributed by atoms with E-state index >= 15 is 0 Å². The van der Waals surface area contributed by atoms with Gasteiger partial charge in [0.2, 0.25) is 0 Å². The molecule has 0 aliphatic carbocycles. The van der Waals surface area contributed by atoms with Gasteiger partial charge in [0.15, 0.2) is 0 Å². The average molecular weight is 254 g/mol. The minimum absolute atomic E-state index is 0.585. The maximum Gasteiger partial charge on any atom is 0.0323 e. The summed E-state index contributed by atoms with van der Waals surface area (Å²) in [7, 11) is 0. The van der Waals surface area contributed by atoms with Crippen molar-refractivity contribution in [1.29, 1.82) is 0 Å². The van der Waals surface area contributed by atoms with E-state index < -0.39 is 0 Å². The van der Waals surface area contributed by atoms with Crippen molar-refractivity contribution >= 4 is 15.9 Å². The van der Waals surface area contributed by atoms with Crippen LogP contribution in [0.5, 0.6) is 0 Å². The number of halogens is 1. The first kappa shape index (κ1) is 10.2. The van der Waals surface area contributed by atoms with Gasteiger partial charge in [-0.15, -0.1) is 0 Å². The summed E-state index contributed by atoms with van der Waals surface area (Å²) in [5.74, 6) is 0. The first-order valence-electron chi connectivity index (χ1n) is 5.18. The van der Waals surface area contributed by atoms with Crippen molar-refractivity contribution in [2.45, 2.75) is 32.7 Å². The lowest BCUT2D eigenvalue weighted by atomic mass is 9.98. The Morgan fingerprint density at radius 1 is 1.29 bits per heavy atom. The molecule has 14 heavy (non-hydrogen) atoms. The van der Waals surface area contributed by atoms with E-state index in [-0.39, 0.29) is 0 Å². The topological polar surface area (TPSA) is 12.0 Å². The second kappa shape index (κ2) is 4.03. The molecule has 0 amide bonds. The van der Waals surface area contributed by atoms with Crippen LogP contribution in [0.4, 0.5) is 0 Å². The van der Waals surface area contributed by atoms with Crippen LogP contribution in [-0.4, -0.2) is 6.54 Å². The maximum absolute atomic E-state index is 3.57. The van der Waals surface area contributed by atoms with E-state index in [0.29, 0.717) is 6.04 Å². The second-order valence-electron chi connectivity index (χ2n) is 4.11. The third kappa shape index (κ3) is 1.86. The fraction of sp³-hybridized carbons (Fsp3) is 0.500. The Balaban J connectivity index is 2.37. The molecule has 1 N–H and O–H groups in total. The lowest BCUT2D eigenvalue weighted by Crippen LogP contribution is -2.14. The van der Waals surface area contributed by atoms with Gasteiger partial charge in [0.05, 0.1) is 0 Å². The van der Waals surface area contributed by atoms with E-state index in [0.717, 1.165) is 0 Å². The van der Waals surface area contributed by atoms with E-state index in [4.69, 9.17) is 0 Å². The van der Waals surface area contributed by atoms with Crippen LogP contribution in [0.25, 0.3) is 0 Å². The van der Waals surface area contributed by atoms with Gasteiger partial charge in [-0.3, -0.25) is 0 Å². The van der Waals surface area contributed by atoms with Crippen molar-refractivity contribution in [1.82, 2.24) is 5.32 Å². The Morgan fingerprint density at radius 3 is 2.71 bits per heavy atom. The number of rotatable bonds is 1. The highest BCUT2D eigenvalue weighted by atomic mass is 79.9. The van der Waals surface area contributed by atoms with Gasteiger partial charge < -0.3 is 5.32 Å². The van der Waals surface area contributed by atoms with Crippen LogP contribution >= 0.6 is 15.9 Å². The quantitative estimate of drug-likeness (QED) is 0.808. The summed E-state index contributed by atoms with van der Waals surface area (Å²) in [6.07, 6.45) is 2.58. The predicted molar refractivity (Wildman–Crippen MR) is 63.6 cm³/mol. The normalized spacial score (nSPS) is 21.5. The van der Waals surface area contributed by atoms with Crippen LogP contribution in [0.1, 0.15) is 35.6 Å². The Morgan fingerprint density at radius 2 is 2.07 bits per heavy atom. The smallest absolute Gasteiger partial charge is 0.0323 e. The number of hydrogen-bond donors (Lipinski definition) is 1. The predicted octanol–water partition coefficient (Wildman–Crippen LogP) is 3.49. The minimum Gasteiger partial charge on any atom is -0.310 e. The van der Waals surface area contributed by atoms with Crippen LogP contribution < -0.4 is 5.32 Å². The van der Waals surface area contributed by atoms with Crippen LogP contribution in [0, 0.1) is 13.8 Å². The van der Waals surface area contributed by atoms with Crippen LogP contribution in [-0.2, 0) is 0 Å². The van der Waals surface area contributed by atoms with Crippen molar-refractivity contribution in [3.63, 3.8) is 0 Å². The van der Waals surface area contributed by atoms with Gasteiger partial charge in [0.1, 0.15) is 0 Å². The highest BCUT2D eigenvalue weighted by Crippen LogP contribution is 2.29. The van der Waals surface area contributed by atoms with Gasteiger partial charge >= 0.3 is 0 Å². The van der Waals surface area contributed by atoms with Gasteiger partial charge in [0, 0.05) is 10.5 Å². The zero-order valence-electron chi connectivity index (χ0n) is 8.73. The summed E-state index contributed by atoms with van der Waals surface area (Å²) < 4.78 is 1.22. The fourth-order valence-electron chi connectivity index (χ4n) is 2.13. The molecule has 0 radical (unpaired) electrons. The standard InChI is InChI=1S/C12H16BrN/c1-8-7-11(13)9(2)6-10(8)12-4-3-5-14-12/h6-7,12,14H,3-5H2,1-2H3/t12-/m0/s1. The zero-order valence-corrected chi connectivity index (χ0v) is 10.3. The molecule has 1 aromatic rings. The zero-order chi connectivity index (χ0) is 10.1. The molecule has 0 saturated carbocycles.